The highest BCUT2D eigenvalue weighted by Crippen LogP contribution is 2.66. The first-order chi connectivity index (χ1) is 12.5. The summed E-state index contributed by atoms with van der Waals surface area (Å²) < 4.78 is 0. The van der Waals surface area contributed by atoms with Crippen molar-refractivity contribution in [2.45, 2.75) is 58.8 Å². The number of rotatable bonds is 1. The van der Waals surface area contributed by atoms with Crippen LogP contribution in [0, 0.1) is 28.6 Å². The van der Waals surface area contributed by atoms with Crippen LogP contribution in [0.4, 0.5) is 0 Å². The maximum absolute atomic E-state index is 12.0. The summed E-state index contributed by atoms with van der Waals surface area (Å²) in [4.78, 5) is 20.9. The van der Waals surface area contributed by atoms with Crippen molar-refractivity contribution in [2.75, 3.05) is 0 Å². The van der Waals surface area contributed by atoms with Gasteiger partial charge in [0.15, 0.2) is 5.78 Å². The molecular formula is C23H28N2O. The highest BCUT2D eigenvalue weighted by Gasteiger charge is 2.57. The molecule has 1 aromatic heterocycles. The standard InChI is InChI=1S/C23H28N2O/c1-22-9-7-16(26)13-15(22)3-4-17-18-5-6-20(21-14-24-11-12-25-21)23(18,2)10-8-19(17)22/h6,11-14,17-19H,3-5,7-10H2,1-2H3/t17-,18-,19-,22-,23-/m0/s1. The fourth-order valence-corrected chi connectivity index (χ4v) is 6.96. The van der Waals surface area contributed by atoms with Crippen molar-refractivity contribution in [3.63, 3.8) is 0 Å². The van der Waals surface area contributed by atoms with Gasteiger partial charge in [0.2, 0.25) is 0 Å². The predicted molar refractivity (Wildman–Crippen MR) is 102 cm³/mol. The van der Waals surface area contributed by atoms with Crippen LogP contribution in [0.3, 0.4) is 0 Å². The molecule has 4 aliphatic carbocycles. The molecule has 1 heterocycles. The lowest BCUT2D eigenvalue weighted by atomic mass is 9.47. The maximum atomic E-state index is 12.0. The van der Waals surface area contributed by atoms with Gasteiger partial charge < -0.3 is 0 Å². The molecule has 0 bridgehead atoms. The first-order valence-corrected chi connectivity index (χ1v) is 10.2. The summed E-state index contributed by atoms with van der Waals surface area (Å²) in [5, 5.41) is 0. The molecule has 1 aromatic rings. The minimum absolute atomic E-state index is 0.235. The molecule has 3 nitrogen and oxygen atoms in total. The molecular weight excluding hydrogens is 320 g/mol. The second-order valence-electron chi connectivity index (χ2n) is 9.37. The van der Waals surface area contributed by atoms with Crippen LogP contribution >= 0.6 is 0 Å². The van der Waals surface area contributed by atoms with Crippen LogP contribution in [0.25, 0.3) is 5.57 Å². The van der Waals surface area contributed by atoms with Crippen molar-refractivity contribution in [2.24, 2.45) is 28.6 Å². The second kappa shape index (κ2) is 5.61. The zero-order valence-corrected chi connectivity index (χ0v) is 15.9. The minimum Gasteiger partial charge on any atom is -0.295 e. The molecule has 5 atom stereocenters. The molecule has 0 amide bonds. The highest BCUT2D eigenvalue weighted by atomic mass is 16.1. The van der Waals surface area contributed by atoms with E-state index < -0.39 is 0 Å². The van der Waals surface area contributed by atoms with Crippen LogP contribution in [0.1, 0.15) is 64.5 Å². The van der Waals surface area contributed by atoms with Gasteiger partial charge in [-0.2, -0.15) is 0 Å². The Hall–Kier alpha value is -1.77. The Morgan fingerprint density at radius 2 is 1.92 bits per heavy atom. The van der Waals surface area contributed by atoms with E-state index in [9.17, 15) is 4.79 Å². The van der Waals surface area contributed by atoms with Gasteiger partial charge in [0.05, 0.1) is 11.9 Å². The van der Waals surface area contributed by atoms with E-state index in [0.717, 1.165) is 36.8 Å². The van der Waals surface area contributed by atoms with E-state index in [0.29, 0.717) is 11.7 Å². The van der Waals surface area contributed by atoms with Gasteiger partial charge in [-0.3, -0.25) is 14.8 Å². The van der Waals surface area contributed by atoms with Gasteiger partial charge in [-0.05, 0) is 78.8 Å². The highest BCUT2D eigenvalue weighted by molar-refractivity contribution is 5.91. The summed E-state index contributed by atoms with van der Waals surface area (Å²) in [6, 6.07) is 0. The van der Waals surface area contributed by atoms with E-state index in [1.807, 2.05) is 18.5 Å². The van der Waals surface area contributed by atoms with Crippen LogP contribution in [0.15, 0.2) is 36.3 Å². The minimum atomic E-state index is 0.235. The maximum Gasteiger partial charge on any atom is 0.155 e. The summed E-state index contributed by atoms with van der Waals surface area (Å²) in [7, 11) is 0. The third-order valence-corrected chi connectivity index (χ3v) is 8.38. The fourth-order valence-electron chi connectivity index (χ4n) is 6.96. The molecule has 0 radical (unpaired) electrons. The van der Waals surface area contributed by atoms with E-state index in [1.54, 1.807) is 6.20 Å². The molecule has 0 unspecified atom stereocenters. The van der Waals surface area contributed by atoms with Crippen molar-refractivity contribution in [3.05, 3.63) is 42.0 Å². The summed E-state index contributed by atoms with van der Waals surface area (Å²) >= 11 is 0. The Balaban J connectivity index is 1.48. The van der Waals surface area contributed by atoms with Crippen LogP contribution in [-0.4, -0.2) is 15.8 Å². The number of hydrogen-bond donors (Lipinski definition) is 0. The smallest absolute Gasteiger partial charge is 0.155 e. The first kappa shape index (κ1) is 16.4. The number of ketones is 1. The number of fused-ring (bicyclic) bond motifs is 5. The van der Waals surface area contributed by atoms with Crippen molar-refractivity contribution in [1.82, 2.24) is 9.97 Å². The zero-order valence-electron chi connectivity index (χ0n) is 15.9. The second-order valence-corrected chi connectivity index (χ2v) is 9.37. The third kappa shape index (κ3) is 2.15. The largest absolute Gasteiger partial charge is 0.295 e. The number of hydrogen-bond acceptors (Lipinski definition) is 3. The Morgan fingerprint density at radius 3 is 2.73 bits per heavy atom. The van der Waals surface area contributed by atoms with Crippen molar-refractivity contribution >= 4 is 11.4 Å². The topological polar surface area (TPSA) is 42.9 Å². The van der Waals surface area contributed by atoms with E-state index in [1.165, 1.54) is 36.8 Å². The monoisotopic (exact) mass is 348 g/mol. The average Bonchev–Trinajstić information content (AvgIpc) is 3.00. The summed E-state index contributed by atoms with van der Waals surface area (Å²) in [5.41, 5.74) is 4.45. The number of carbonyl (C=O) groups is 1. The molecule has 0 N–H and O–H groups in total. The lowest BCUT2D eigenvalue weighted by molar-refractivity contribution is -0.117. The first-order valence-electron chi connectivity index (χ1n) is 10.2. The average molecular weight is 348 g/mol. The third-order valence-electron chi connectivity index (χ3n) is 8.38. The van der Waals surface area contributed by atoms with Crippen molar-refractivity contribution < 1.29 is 4.79 Å². The number of carbonyl (C=O) groups excluding carboxylic acids is 1. The number of allylic oxidation sites excluding steroid dienone is 4. The SMILES string of the molecule is C[C@]12CCC(=O)C=C1CC[C@@H]1[C@@H]2CC[C@]2(C)C(c3cnccn3)=CC[C@@H]12. The molecule has 0 aromatic carbocycles. The molecule has 4 aliphatic rings. The number of nitrogens with zero attached hydrogens (tertiary/aromatic N) is 2. The Kier molecular flexibility index (Phi) is 3.54. The van der Waals surface area contributed by atoms with E-state index >= 15 is 0 Å². The van der Waals surface area contributed by atoms with Gasteiger partial charge in [0.1, 0.15) is 0 Å². The molecule has 136 valence electrons. The van der Waals surface area contributed by atoms with Gasteiger partial charge in [0.25, 0.3) is 0 Å². The van der Waals surface area contributed by atoms with E-state index in [2.05, 4.69) is 29.9 Å². The fraction of sp³-hybridized carbons (Fsp3) is 0.609. The van der Waals surface area contributed by atoms with Crippen LogP contribution < -0.4 is 0 Å². The Bertz CT molecular complexity index is 811. The van der Waals surface area contributed by atoms with Crippen LogP contribution in [0.2, 0.25) is 0 Å². The van der Waals surface area contributed by atoms with Gasteiger partial charge >= 0.3 is 0 Å². The van der Waals surface area contributed by atoms with Crippen LogP contribution in [-0.2, 0) is 4.79 Å². The van der Waals surface area contributed by atoms with E-state index in [-0.39, 0.29) is 10.8 Å². The van der Waals surface area contributed by atoms with Crippen molar-refractivity contribution in [1.29, 1.82) is 0 Å². The lowest BCUT2D eigenvalue weighted by Crippen LogP contribution is -2.49. The lowest BCUT2D eigenvalue weighted by Gasteiger charge is -2.57. The molecule has 0 aliphatic heterocycles. The van der Waals surface area contributed by atoms with E-state index in [4.69, 9.17) is 0 Å². The normalized spacial score (nSPS) is 41.6. The predicted octanol–water partition coefficient (Wildman–Crippen LogP) is 5.00. The van der Waals surface area contributed by atoms with Gasteiger partial charge in [-0.25, -0.2) is 0 Å². The molecule has 0 saturated heterocycles. The van der Waals surface area contributed by atoms with Gasteiger partial charge in [-0.1, -0.05) is 25.5 Å². The quantitative estimate of drug-likeness (QED) is 0.717. The molecule has 26 heavy (non-hydrogen) atoms. The Labute approximate surface area is 156 Å². The molecule has 2 fully saturated rings. The molecule has 2 saturated carbocycles. The Morgan fingerprint density at radius 1 is 1.04 bits per heavy atom. The summed E-state index contributed by atoms with van der Waals surface area (Å²) in [6.45, 7) is 4.93. The summed E-state index contributed by atoms with van der Waals surface area (Å²) in [5.74, 6) is 2.58. The number of aromatic nitrogens is 2. The van der Waals surface area contributed by atoms with Gasteiger partial charge in [-0.15, -0.1) is 0 Å². The molecule has 5 rings (SSSR count). The molecule has 3 heteroatoms. The molecule has 0 spiro atoms. The van der Waals surface area contributed by atoms with Gasteiger partial charge in [0, 0.05) is 18.8 Å². The van der Waals surface area contributed by atoms with Crippen molar-refractivity contribution in [3.8, 4) is 0 Å². The van der Waals surface area contributed by atoms with Crippen LogP contribution in [0.5, 0.6) is 0 Å². The zero-order chi connectivity index (χ0) is 17.9. The summed E-state index contributed by atoms with van der Waals surface area (Å²) in [6.07, 6.45) is 17.8.